The van der Waals surface area contributed by atoms with Gasteiger partial charge in [-0.05, 0) is 31.2 Å². The van der Waals surface area contributed by atoms with Crippen LogP contribution in [0, 0.1) is 18.3 Å². The van der Waals surface area contributed by atoms with Gasteiger partial charge in [0.2, 0.25) is 0 Å². The molecule has 0 radical (unpaired) electrons. The van der Waals surface area contributed by atoms with Gasteiger partial charge in [0.25, 0.3) is 5.91 Å². The smallest absolute Gasteiger partial charge is 0.267 e. The molecular weight excluding hydrogens is 312 g/mol. The molecule has 0 saturated carbocycles. The van der Waals surface area contributed by atoms with E-state index in [0.717, 1.165) is 37.4 Å². The Morgan fingerprint density at radius 1 is 1.08 bits per heavy atom. The quantitative estimate of drug-likeness (QED) is 0.866. The highest BCUT2D eigenvalue weighted by atomic mass is 16.2. The van der Waals surface area contributed by atoms with Gasteiger partial charge in [0.1, 0.15) is 6.07 Å². The van der Waals surface area contributed by atoms with E-state index in [0.29, 0.717) is 11.1 Å². The molecule has 5 heteroatoms. The number of carbonyl (C=O) groups is 1. The largest absolute Gasteiger partial charge is 0.368 e. The van der Waals surface area contributed by atoms with Gasteiger partial charge in [-0.1, -0.05) is 29.8 Å². The highest BCUT2D eigenvalue weighted by molar-refractivity contribution is 5.93. The van der Waals surface area contributed by atoms with Crippen LogP contribution >= 0.6 is 0 Å². The zero-order valence-electron chi connectivity index (χ0n) is 14.6. The first-order chi connectivity index (χ1) is 12.1. The average molecular weight is 334 g/mol. The lowest BCUT2D eigenvalue weighted by molar-refractivity contribution is 0.00263. The van der Waals surface area contributed by atoms with Gasteiger partial charge in [-0.15, -0.1) is 0 Å². The fourth-order valence-corrected chi connectivity index (χ4v) is 3.17. The van der Waals surface area contributed by atoms with Crippen LogP contribution in [0.2, 0.25) is 0 Å². The molecule has 128 valence electrons. The van der Waals surface area contributed by atoms with Crippen LogP contribution in [0.3, 0.4) is 0 Å². The number of nitriles is 1. The van der Waals surface area contributed by atoms with Crippen molar-refractivity contribution in [1.29, 1.82) is 5.26 Å². The molecule has 2 aromatic rings. The van der Waals surface area contributed by atoms with E-state index in [4.69, 9.17) is 0 Å². The predicted molar refractivity (Wildman–Crippen MR) is 98.2 cm³/mol. The molecule has 5 nitrogen and oxygen atoms in total. The summed E-state index contributed by atoms with van der Waals surface area (Å²) in [7, 11) is 1.82. The van der Waals surface area contributed by atoms with Gasteiger partial charge >= 0.3 is 0 Å². The predicted octanol–water partition coefficient (Wildman–Crippen LogP) is 2.68. The molecule has 1 aliphatic rings. The van der Waals surface area contributed by atoms with Crippen molar-refractivity contribution < 1.29 is 4.79 Å². The number of hydrogen-bond donors (Lipinski definition) is 0. The van der Waals surface area contributed by atoms with Crippen LogP contribution in [0.25, 0.3) is 0 Å². The highest BCUT2D eigenvalue weighted by Crippen LogP contribution is 2.21. The van der Waals surface area contributed by atoms with Gasteiger partial charge in [0.05, 0.1) is 11.3 Å². The molecule has 2 aromatic carbocycles. The number of rotatable bonds is 3. The number of piperazine rings is 1. The van der Waals surface area contributed by atoms with Crippen molar-refractivity contribution in [2.45, 2.75) is 6.92 Å². The molecule has 0 unspecified atom stereocenters. The topological polar surface area (TPSA) is 50.6 Å². The van der Waals surface area contributed by atoms with Gasteiger partial charge in [-0.3, -0.25) is 9.80 Å². The Hall–Kier alpha value is -2.84. The SMILES string of the molecule is Cc1cccc(C(=O)N(C)N2CCN(c3ccccc3C#N)CC2)c1. The molecule has 1 heterocycles. The summed E-state index contributed by atoms with van der Waals surface area (Å²) in [5.41, 5.74) is 3.45. The molecule has 1 saturated heterocycles. The van der Waals surface area contributed by atoms with Crippen LogP contribution in [-0.4, -0.2) is 49.2 Å². The van der Waals surface area contributed by atoms with Crippen LogP contribution in [0.15, 0.2) is 48.5 Å². The van der Waals surface area contributed by atoms with Crippen LogP contribution < -0.4 is 4.90 Å². The second kappa shape index (κ2) is 7.37. The van der Waals surface area contributed by atoms with Crippen molar-refractivity contribution in [3.8, 4) is 6.07 Å². The molecule has 1 fully saturated rings. The second-order valence-electron chi connectivity index (χ2n) is 6.27. The summed E-state index contributed by atoms with van der Waals surface area (Å²) in [5.74, 6) is 0.00887. The number of hydrogen-bond acceptors (Lipinski definition) is 4. The number of anilines is 1. The normalized spacial score (nSPS) is 14.8. The average Bonchev–Trinajstić information content (AvgIpc) is 2.67. The number of para-hydroxylation sites is 1. The van der Waals surface area contributed by atoms with Gasteiger partial charge < -0.3 is 4.90 Å². The fraction of sp³-hybridized carbons (Fsp3) is 0.300. The molecule has 0 N–H and O–H groups in total. The van der Waals surface area contributed by atoms with E-state index in [1.54, 1.807) is 5.01 Å². The number of carbonyl (C=O) groups excluding carboxylic acids is 1. The van der Waals surface area contributed by atoms with E-state index in [2.05, 4.69) is 16.0 Å². The summed E-state index contributed by atoms with van der Waals surface area (Å²) >= 11 is 0. The first-order valence-electron chi connectivity index (χ1n) is 8.44. The van der Waals surface area contributed by atoms with E-state index in [1.165, 1.54) is 0 Å². The Morgan fingerprint density at radius 2 is 1.80 bits per heavy atom. The third-order valence-corrected chi connectivity index (χ3v) is 4.60. The third-order valence-electron chi connectivity index (χ3n) is 4.60. The van der Waals surface area contributed by atoms with E-state index in [-0.39, 0.29) is 5.91 Å². The summed E-state index contributed by atoms with van der Waals surface area (Å²) in [4.78, 5) is 14.9. The number of amides is 1. The molecule has 1 aliphatic heterocycles. The number of hydrazine groups is 1. The first-order valence-corrected chi connectivity index (χ1v) is 8.44. The van der Waals surface area contributed by atoms with E-state index in [1.807, 2.05) is 62.5 Å². The van der Waals surface area contributed by atoms with Crippen LogP contribution in [0.4, 0.5) is 5.69 Å². The van der Waals surface area contributed by atoms with Gasteiger partial charge in [-0.2, -0.15) is 5.26 Å². The zero-order valence-corrected chi connectivity index (χ0v) is 14.6. The van der Waals surface area contributed by atoms with Crippen molar-refractivity contribution in [3.63, 3.8) is 0 Å². The van der Waals surface area contributed by atoms with Gasteiger partial charge in [0, 0.05) is 38.8 Å². The van der Waals surface area contributed by atoms with Gasteiger partial charge in [-0.25, -0.2) is 5.01 Å². The molecule has 0 aliphatic carbocycles. The zero-order chi connectivity index (χ0) is 17.8. The minimum Gasteiger partial charge on any atom is -0.368 e. The highest BCUT2D eigenvalue weighted by Gasteiger charge is 2.24. The minimum atomic E-state index is 0.00887. The maximum Gasteiger partial charge on any atom is 0.267 e. The fourth-order valence-electron chi connectivity index (χ4n) is 3.17. The van der Waals surface area contributed by atoms with Crippen molar-refractivity contribution >= 4 is 11.6 Å². The van der Waals surface area contributed by atoms with Crippen LogP contribution in [0.5, 0.6) is 0 Å². The molecule has 3 rings (SSSR count). The van der Waals surface area contributed by atoms with Crippen LogP contribution in [-0.2, 0) is 0 Å². The lowest BCUT2D eigenvalue weighted by Crippen LogP contribution is -2.54. The number of nitrogens with zero attached hydrogens (tertiary/aromatic N) is 4. The monoisotopic (exact) mass is 334 g/mol. The Labute approximate surface area is 148 Å². The number of aryl methyl sites for hydroxylation is 1. The minimum absolute atomic E-state index is 0.00887. The molecule has 1 amide bonds. The van der Waals surface area contributed by atoms with E-state index in [9.17, 15) is 10.1 Å². The Morgan fingerprint density at radius 3 is 2.48 bits per heavy atom. The molecule has 25 heavy (non-hydrogen) atoms. The Balaban J connectivity index is 1.66. The Bertz CT molecular complexity index is 803. The van der Waals surface area contributed by atoms with Crippen molar-refractivity contribution in [1.82, 2.24) is 10.0 Å². The number of benzene rings is 2. The van der Waals surface area contributed by atoms with Crippen molar-refractivity contribution in [3.05, 3.63) is 65.2 Å². The maximum absolute atomic E-state index is 12.7. The molecule has 0 spiro atoms. The Kier molecular flexibility index (Phi) is 5.01. The lowest BCUT2D eigenvalue weighted by Gasteiger charge is -2.40. The van der Waals surface area contributed by atoms with Crippen molar-refractivity contribution in [2.75, 3.05) is 38.1 Å². The summed E-state index contributed by atoms with van der Waals surface area (Å²) < 4.78 is 0. The van der Waals surface area contributed by atoms with Gasteiger partial charge in [0.15, 0.2) is 0 Å². The lowest BCUT2D eigenvalue weighted by atomic mass is 10.1. The summed E-state index contributed by atoms with van der Waals surface area (Å²) in [6.07, 6.45) is 0. The van der Waals surface area contributed by atoms with E-state index < -0.39 is 0 Å². The first kappa shape index (κ1) is 17.0. The molecule has 0 bridgehead atoms. The van der Waals surface area contributed by atoms with E-state index >= 15 is 0 Å². The summed E-state index contributed by atoms with van der Waals surface area (Å²) in [6, 6.07) is 17.6. The maximum atomic E-state index is 12.7. The summed E-state index contributed by atoms with van der Waals surface area (Å²) in [5, 5.41) is 13.0. The molecule has 0 aromatic heterocycles. The molecular formula is C20H22N4O. The summed E-state index contributed by atoms with van der Waals surface area (Å²) in [6.45, 7) is 5.04. The second-order valence-corrected chi connectivity index (χ2v) is 6.27. The van der Waals surface area contributed by atoms with Crippen LogP contribution in [0.1, 0.15) is 21.5 Å². The standard InChI is InChI=1S/C20H22N4O/c1-16-6-5-8-17(14-16)20(25)22(2)24-12-10-23(11-13-24)19-9-4-3-7-18(19)15-21/h3-9,14H,10-13H2,1-2H3. The third kappa shape index (κ3) is 3.65. The van der Waals surface area contributed by atoms with Crippen molar-refractivity contribution in [2.24, 2.45) is 0 Å². The molecule has 0 atom stereocenters.